The zero-order valence-electron chi connectivity index (χ0n) is 15.4. The van der Waals surface area contributed by atoms with Gasteiger partial charge in [0.05, 0.1) is 5.92 Å². The van der Waals surface area contributed by atoms with Crippen molar-refractivity contribution in [1.29, 1.82) is 0 Å². The van der Waals surface area contributed by atoms with Crippen LogP contribution in [0.1, 0.15) is 49.6 Å². The molecule has 2 amide bonds. The van der Waals surface area contributed by atoms with Crippen LogP contribution in [0.5, 0.6) is 0 Å². The van der Waals surface area contributed by atoms with Gasteiger partial charge >= 0.3 is 0 Å². The van der Waals surface area contributed by atoms with Crippen LogP contribution in [0.25, 0.3) is 0 Å². The van der Waals surface area contributed by atoms with E-state index in [1.807, 2.05) is 31.2 Å². The molecule has 1 fully saturated rings. The summed E-state index contributed by atoms with van der Waals surface area (Å²) in [5.41, 5.74) is 1.97. The molecule has 0 saturated carbocycles. The van der Waals surface area contributed by atoms with E-state index in [0.717, 1.165) is 29.1 Å². The van der Waals surface area contributed by atoms with Crippen molar-refractivity contribution in [2.45, 2.75) is 46.0 Å². The third-order valence-corrected chi connectivity index (χ3v) is 5.73. The molecule has 2 atom stereocenters. The summed E-state index contributed by atoms with van der Waals surface area (Å²) in [6, 6.07) is 7.77. The monoisotopic (exact) mass is 372 g/mol. The normalized spacial score (nSPS) is 18.2. The Kier molecular flexibility index (Phi) is 5.66. The Bertz CT molecular complexity index is 787. The molecule has 7 heteroatoms. The number of hydrogen-bond donors (Lipinski definition) is 1. The number of aryl methyl sites for hydroxylation is 1. The van der Waals surface area contributed by atoms with Gasteiger partial charge < -0.3 is 10.2 Å². The maximum Gasteiger partial charge on any atom is 0.231 e. The molecule has 1 aromatic carbocycles. The van der Waals surface area contributed by atoms with Gasteiger partial charge in [-0.2, -0.15) is 0 Å². The Labute approximate surface area is 157 Å². The summed E-state index contributed by atoms with van der Waals surface area (Å²) >= 11 is 1.41. The van der Waals surface area contributed by atoms with Crippen molar-refractivity contribution >= 4 is 34.0 Å². The third-order valence-electron chi connectivity index (χ3n) is 4.66. The number of rotatable bonds is 6. The fraction of sp³-hybridized carbons (Fsp3) is 0.474. The number of nitrogens with one attached hydrogen (secondary N) is 1. The number of aromatic nitrogens is 2. The molecule has 3 rings (SSSR count). The highest BCUT2D eigenvalue weighted by molar-refractivity contribution is 7.15. The molecule has 6 nitrogen and oxygen atoms in total. The zero-order chi connectivity index (χ0) is 18.7. The predicted octanol–water partition coefficient (Wildman–Crippen LogP) is 3.74. The van der Waals surface area contributed by atoms with Crippen molar-refractivity contribution in [2.75, 3.05) is 16.8 Å². The molecular formula is C19H24N4O2S. The first-order valence-corrected chi connectivity index (χ1v) is 9.81. The van der Waals surface area contributed by atoms with Crippen LogP contribution in [0.4, 0.5) is 10.8 Å². The summed E-state index contributed by atoms with van der Waals surface area (Å²) in [5.74, 6) is -0.222. The number of carbonyl (C=O) groups excluding carboxylic acids is 2. The summed E-state index contributed by atoms with van der Waals surface area (Å²) in [7, 11) is 0. The average molecular weight is 372 g/mol. The minimum absolute atomic E-state index is 0.0245. The number of hydrogen-bond acceptors (Lipinski definition) is 5. The van der Waals surface area contributed by atoms with Crippen molar-refractivity contribution in [3.8, 4) is 0 Å². The van der Waals surface area contributed by atoms with Crippen LogP contribution in [-0.2, 0) is 9.59 Å². The Morgan fingerprint density at radius 2 is 2.08 bits per heavy atom. The van der Waals surface area contributed by atoms with Crippen molar-refractivity contribution in [2.24, 2.45) is 5.92 Å². The largest absolute Gasteiger partial charge is 0.312 e. The number of anilines is 2. The summed E-state index contributed by atoms with van der Waals surface area (Å²) in [5, 5.41) is 12.5. The molecule has 2 heterocycles. The van der Waals surface area contributed by atoms with Gasteiger partial charge in [-0.1, -0.05) is 49.3 Å². The molecule has 2 aromatic rings. The second kappa shape index (κ2) is 7.95. The molecule has 1 aliphatic heterocycles. The van der Waals surface area contributed by atoms with Crippen molar-refractivity contribution < 1.29 is 9.59 Å². The number of nitrogens with zero attached hydrogens (tertiary/aromatic N) is 3. The minimum atomic E-state index is -0.371. The lowest BCUT2D eigenvalue weighted by atomic mass is 10.1. The second-order valence-electron chi connectivity index (χ2n) is 6.87. The van der Waals surface area contributed by atoms with E-state index in [2.05, 4.69) is 29.4 Å². The van der Waals surface area contributed by atoms with Crippen molar-refractivity contribution in [3.05, 3.63) is 34.8 Å². The smallest absolute Gasteiger partial charge is 0.231 e. The van der Waals surface area contributed by atoms with Crippen LogP contribution in [0.15, 0.2) is 24.3 Å². The van der Waals surface area contributed by atoms with Gasteiger partial charge in [0.2, 0.25) is 16.9 Å². The second-order valence-corrected chi connectivity index (χ2v) is 7.87. The molecule has 0 spiro atoms. The maximum absolute atomic E-state index is 12.5. The van der Waals surface area contributed by atoms with Crippen LogP contribution in [0.3, 0.4) is 0 Å². The van der Waals surface area contributed by atoms with Gasteiger partial charge in [0.25, 0.3) is 0 Å². The minimum Gasteiger partial charge on any atom is -0.312 e. The number of carbonyl (C=O) groups is 2. The fourth-order valence-electron chi connectivity index (χ4n) is 3.11. The highest BCUT2D eigenvalue weighted by atomic mass is 32.1. The lowest BCUT2D eigenvalue weighted by molar-refractivity contribution is -0.122. The van der Waals surface area contributed by atoms with Gasteiger partial charge in [-0.3, -0.25) is 9.59 Å². The van der Waals surface area contributed by atoms with E-state index in [9.17, 15) is 9.59 Å². The van der Waals surface area contributed by atoms with E-state index >= 15 is 0 Å². The van der Waals surface area contributed by atoms with Gasteiger partial charge in [0, 0.05) is 24.6 Å². The highest BCUT2D eigenvalue weighted by Crippen LogP contribution is 2.29. The van der Waals surface area contributed by atoms with Crippen LogP contribution < -0.4 is 10.2 Å². The SMILES string of the molecule is CCC[C@@H](C)c1nnc(NC(=O)[C@@H]2CC(=O)N(c3ccc(C)cc3)C2)s1. The first-order chi connectivity index (χ1) is 12.5. The molecule has 1 N–H and O–H groups in total. The van der Waals surface area contributed by atoms with E-state index < -0.39 is 0 Å². The van der Waals surface area contributed by atoms with E-state index in [4.69, 9.17) is 0 Å². The average Bonchev–Trinajstić information content (AvgIpc) is 3.23. The quantitative estimate of drug-likeness (QED) is 0.838. The molecule has 1 saturated heterocycles. The van der Waals surface area contributed by atoms with E-state index in [1.165, 1.54) is 11.3 Å². The fourth-order valence-corrected chi connectivity index (χ4v) is 3.94. The topological polar surface area (TPSA) is 75.2 Å². The summed E-state index contributed by atoms with van der Waals surface area (Å²) < 4.78 is 0. The summed E-state index contributed by atoms with van der Waals surface area (Å²) in [6.45, 7) is 6.65. The van der Waals surface area contributed by atoms with Gasteiger partial charge in [-0.25, -0.2) is 0 Å². The van der Waals surface area contributed by atoms with Crippen LogP contribution in [0.2, 0.25) is 0 Å². The van der Waals surface area contributed by atoms with Gasteiger partial charge in [-0.05, 0) is 25.5 Å². The van der Waals surface area contributed by atoms with Crippen LogP contribution >= 0.6 is 11.3 Å². The van der Waals surface area contributed by atoms with E-state index in [-0.39, 0.29) is 24.2 Å². The molecule has 1 aliphatic rings. The molecule has 26 heavy (non-hydrogen) atoms. The van der Waals surface area contributed by atoms with Crippen LogP contribution in [-0.4, -0.2) is 28.6 Å². The lowest BCUT2D eigenvalue weighted by Crippen LogP contribution is -2.28. The van der Waals surface area contributed by atoms with Crippen molar-refractivity contribution in [1.82, 2.24) is 10.2 Å². The molecule has 0 aliphatic carbocycles. The molecule has 0 radical (unpaired) electrons. The Morgan fingerprint density at radius 3 is 2.77 bits per heavy atom. The van der Waals surface area contributed by atoms with E-state index in [0.29, 0.717) is 17.6 Å². The molecule has 138 valence electrons. The van der Waals surface area contributed by atoms with E-state index in [1.54, 1.807) is 4.90 Å². The first-order valence-electron chi connectivity index (χ1n) is 8.99. The Balaban J connectivity index is 1.62. The number of benzene rings is 1. The Hall–Kier alpha value is -2.28. The molecule has 0 unspecified atom stereocenters. The first kappa shape index (κ1) is 18.5. The van der Waals surface area contributed by atoms with Gasteiger partial charge in [-0.15, -0.1) is 10.2 Å². The van der Waals surface area contributed by atoms with Crippen molar-refractivity contribution in [3.63, 3.8) is 0 Å². The Morgan fingerprint density at radius 1 is 1.35 bits per heavy atom. The summed E-state index contributed by atoms with van der Waals surface area (Å²) in [4.78, 5) is 26.5. The highest BCUT2D eigenvalue weighted by Gasteiger charge is 2.35. The van der Waals surface area contributed by atoms with Gasteiger partial charge in [0.1, 0.15) is 5.01 Å². The molecular weight excluding hydrogens is 348 g/mol. The molecule has 0 bridgehead atoms. The predicted molar refractivity (Wildman–Crippen MR) is 104 cm³/mol. The summed E-state index contributed by atoms with van der Waals surface area (Å²) in [6.07, 6.45) is 2.35. The third kappa shape index (κ3) is 4.09. The number of amides is 2. The standard InChI is InChI=1S/C19H24N4O2S/c1-4-5-13(3)18-21-22-19(26-18)20-17(25)14-10-16(24)23(11-14)15-8-6-12(2)7-9-15/h6-9,13-14H,4-5,10-11H2,1-3H3,(H,20,22,25)/t13-,14-/m1/s1. The zero-order valence-corrected chi connectivity index (χ0v) is 16.2. The molecule has 1 aromatic heterocycles. The van der Waals surface area contributed by atoms with Crippen LogP contribution in [0, 0.1) is 12.8 Å². The lowest BCUT2D eigenvalue weighted by Gasteiger charge is -2.16. The maximum atomic E-state index is 12.5. The van der Waals surface area contributed by atoms with Gasteiger partial charge in [0.15, 0.2) is 0 Å².